The highest BCUT2D eigenvalue weighted by Crippen LogP contribution is 2.16. The summed E-state index contributed by atoms with van der Waals surface area (Å²) in [5.74, 6) is -1.04. The van der Waals surface area contributed by atoms with Gasteiger partial charge in [-0.15, -0.1) is 0 Å². The minimum absolute atomic E-state index is 0.0438. The van der Waals surface area contributed by atoms with Crippen molar-refractivity contribution in [1.82, 2.24) is 10.6 Å². The first-order valence-corrected chi connectivity index (χ1v) is 9.96. The van der Waals surface area contributed by atoms with Crippen LogP contribution >= 0.6 is 12.2 Å². The predicted molar refractivity (Wildman–Crippen MR) is 118 cm³/mol. The highest BCUT2D eigenvalue weighted by Gasteiger charge is 2.18. The van der Waals surface area contributed by atoms with Crippen molar-refractivity contribution >= 4 is 40.9 Å². The van der Waals surface area contributed by atoms with Crippen LogP contribution in [0, 0.1) is 5.82 Å². The van der Waals surface area contributed by atoms with Gasteiger partial charge in [0.2, 0.25) is 5.91 Å². The molecule has 1 saturated heterocycles. The van der Waals surface area contributed by atoms with Crippen LogP contribution in [-0.2, 0) is 9.53 Å². The quantitative estimate of drug-likeness (QED) is 0.487. The number of nitrogens with one attached hydrogen (secondary N) is 3. The molecule has 156 valence electrons. The number of amides is 2. The van der Waals surface area contributed by atoms with Gasteiger partial charge in [-0.25, -0.2) is 4.39 Å². The van der Waals surface area contributed by atoms with E-state index in [1.54, 1.807) is 42.5 Å². The molecule has 2 amide bonds. The molecule has 0 spiro atoms. The van der Waals surface area contributed by atoms with Gasteiger partial charge in [-0.05, 0) is 61.0 Å². The summed E-state index contributed by atoms with van der Waals surface area (Å²) in [6.07, 6.45) is 4.82. The lowest BCUT2D eigenvalue weighted by atomic mass is 10.1. The van der Waals surface area contributed by atoms with Gasteiger partial charge in [-0.3, -0.25) is 14.9 Å². The Labute approximate surface area is 179 Å². The number of para-hydroxylation sites is 1. The van der Waals surface area contributed by atoms with Crippen LogP contribution in [0.4, 0.5) is 10.1 Å². The number of halogens is 1. The molecule has 0 radical (unpaired) electrons. The van der Waals surface area contributed by atoms with E-state index in [0.29, 0.717) is 23.4 Å². The second-order valence-electron chi connectivity index (χ2n) is 6.72. The van der Waals surface area contributed by atoms with Crippen molar-refractivity contribution in [3.05, 3.63) is 71.6 Å². The van der Waals surface area contributed by atoms with Crippen LogP contribution in [0.1, 0.15) is 28.8 Å². The Morgan fingerprint density at radius 1 is 1.17 bits per heavy atom. The lowest BCUT2D eigenvalue weighted by Crippen LogP contribution is -2.35. The van der Waals surface area contributed by atoms with Crippen molar-refractivity contribution in [1.29, 1.82) is 0 Å². The average Bonchev–Trinajstić information content (AvgIpc) is 3.25. The van der Waals surface area contributed by atoms with Gasteiger partial charge in [0.1, 0.15) is 5.82 Å². The summed E-state index contributed by atoms with van der Waals surface area (Å²) in [5, 5.41) is 8.33. The Kier molecular flexibility index (Phi) is 7.64. The van der Waals surface area contributed by atoms with Crippen molar-refractivity contribution in [2.45, 2.75) is 18.9 Å². The lowest BCUT2D eigenvalue weighted by Gasteiger charge is -2.14. The monoisotopic (exact) mass is 427 g/mol. The lowest BCUT2D eigenvalue weighted by molar-refractivity contribution is -0.115. The Morgan fingerprint density at radius 2 is 1.93 bits per heavy atom. The Balaban J connectivity index is 1.54. The summed E-state index contributed by atoms with van der Waals surface area (Å²) in [6, 6.07) is 12.6. The molecule has 1 aliphatic rings. The summed E-state index contributed by atoms with van der Waals surface area (Å²) in [6.45, 7) is 1.17. The van der Waals surface area contributed by atoms with Gasteiger partial charge in [0, 0.05) is 19.2 Å². The Hall–Kier alpha value is -3.10. The third kappa shape index (κ3) is 6.47. The van der Waals surface area contributed by atoms with E-state index >= 15 is 0 Å². The smallest absolute Gasteiger partial charge is 0.253 e. The number of ether oxygens (including phenoxy) is 1. The van der Waals surface area contributed by atoms with Gasteiger partial charge in [0.15, 0.2) is 5.11 Å². The zero-order chi connectivity index (χ0) is 21.3. The van der Waals surface area contributed by atoms with Crippen molar-refractivity contribution < 1.29 is 18.7 Å². The largest absolute Gasteiger partial charge is 0.376 e. The van der Waals surface area contributed by atoms with E-state index in [1.165, 1.54) is 18.2 Å². The summed E-state index contributed by atoms with van der Waals surface area (Å²) in [5.41, 5.74) is 1.57. The molecular weight excluding hydrogens is 405 g/mol. The molecule has 1 heterocycles. The zero-order valence-corrected chi connectivity index (χ0v) is 17.0. The molecule has 1 aliphatic heterocycles. The number of hydrogen-bond donors (Lipinski definition) is 3. The van der Waals surface area contributed by atoms with E-state index in [9.17, 15) is 14.0 Å². The van der Waals surface area contributed by atoms with Crippen LogP contribution in [0.5, 0.6) is 0 Å². The SMILES string of the molecule is O=C(/C=C/c1ccc(F)cc1)NC(=S)Nc1ccccc1C(=O)NCC1CCCO1. The van der Waals surface area contributed by atoms with Crippen molar-refractivity contribution in [3.8, 4) is 0 Å². The molecule has 6 nitrogen and oxygen atoms in total. The zero-order valence-electron chi connectivity index (χ0n) is 16.2. The van der Waals surface area contributed by atoms with Crippen LogP contribution in [0.15, 0.2) is 54.6 Å². The van der Waals surface area contributed by atoms with E-state index in [0.717, 1.165) is 19.4 Å². The van der Waals surface area contributed by atoms with E-state index < -0.39 is 5.91 Å². The Morgan fingerprint density at radius 3 is 2.67 bits per heavy atom. The maximum absolute atomic E-state index is 12.9. The molecular formula is C22H22FN3O3S. The van der Waals surface area contributed by atoms with Crippen LogP contribution in [0.25, 0.3) is 6.08 Å². The normalized spacial score (nSPS) is 15.7. The molecule has 1 unspecified atom stereocenters. The fourth-order valence-corrected chi connectivity index (χ4v) is 3.16. The van der Waals surface area contributed by atoms with Gasteiger partial charge in [-0.2, -0.15) is 0 Å². The molecule has 3 rings (SSSR count). The minimum Gasteiger partial charge on any atom is -0.376 e. The maximum Gasteiger partial charge on any atom is 0.253 e. The number of anilines is 1. The highest BCUT2D eigenvalue weighted by molar-refractivity contribution is 7.80. The third-order valence-electron chi connectivity index (χ3n) is 4.47. The second kappa shape index (κ2) is 10.6. The average molecular weight is 428 g/mol. The number of hydrogen-bond acceptors (Lipinski definition) is 4. The van der Waals surface area contributed by atoms with Crippen LogP contribution in [0.2, 0.25) is 0 Å². The van der Waals surface area contributed by atoms with Gasteiger partial charge in [0.25, 0.3) is 5.91 Å². The third-order valence-corrected chi connectivity index (χ3v) is 4.67. The van der Waals surface area contributed by atoms with Crippen molar-refractivity contribution in [3.63, 3.8) is 0 Å². The fourth-order valence-electron chi connectivity index (χ4n) is 2.95. The molecule has 2 aromatic rings. The second-order valence-corrected chi connectivity index (χ2v) is 7.13. The molecule has 0 saturated carbocycles. The fraction of sp³-hybridized carbons (Fsp3) is 0.227. The number of rotatable bonds is 6. The first-order chi connectivity index (χ1) is 14.5. The number of benzene rings is 2. The molecule has 1 fully saturated rings. The predicted octanol–water partition coefficient (Wildman–Crippen LogP) is 3.26. The highest BCUT2D eigenvalue weighted by atomic mass is 32.1. The summed E-state index contributed by atoms with van der Waals surface area (Å²) in [4.78, 5) is 24.6. The number of carbonyl (C=O) groups is 2. The molecule has 2 aromatic carbocycles. The minimum atomic E-state index is -0.447. The summed E-state index contributed by atoms with van der Waals surface area (Å²) >= 11 is 5.18. The summed E-state index contributed by atoms with van der Waals surface area (Å²) in [7, 11) is 0. The topological polar surface area (TPSA) is 79.5 Å². The molecule has 30 heavy (non-hydrogen) atoms. The number of carbonyl (C=O) groups excluding carboxylic acids is 2. The molecule has 0 aromatic heterocycles. The molecule has 1 atom stereocenters. The standard InChI is InChI=1S/C22H22FN3O3S/c23-16-10-7-15(8-11-16)9-12-20(27)26-22(30)25-19-6-2-1-5-18(19)21(28)24-14-17-4-3-13-29-17/h1-2,5-12,17H,3-4,13-14H2,(H,24,28)(H2,25,26,27,30)/b12-9+. The van der Waals surface area contributed by atoms with Crippen molar-refractivity contribution in [2.75, 3.05) is 18.5 Å². The van der Waals surface area contributed by atoms with Gasteiger partial charge < -0.3 is 15.4 Å². The first kappa shape index (κ1) is 21.6. The van der Waals surface area contributed by atoms with Crippen molar-refractivity contribution in [2.24, 2.45) is 0 Å². The molecule has 0 aliphatic carbocycles. The molecule has 3 N–H and O–H groups in total. The van der Waals surface area contributed by atoms with Crippen LogP contribution < -0.4 is 16.0 Å². The van der Waals surface area contributed by atoms with E-state index in [4.69, 9.17) is 17.0 Å². The van der Waals surface area contributed by atoms with Crippen LogP contribution in [-0.4, -0.2) is 36.2 Å². The Bertz CT molecular complexity index is 941. The van der Waals surface area contributed by atoms with E-state index in [2.05, 4.69) is 16.0 Å². The van der Waals surface area contributed by atoms with Crippen LogP contribution in [0.3, 0.4) is 0 Å². The number of thiocarbonyl (C=S) groups is 1. The van der Waals surface area contributed by atoms with E-state index in [-0.39, 0.29) is 22.9 Å². The summed E-state index contributed by atoms with van der Waals surface area (Å²) < 4.78 is 18.4. The first-order valence-electron chi connectivity index (χ1n) is 9.56. The van der Waals surface area contributed by atoms with Gasteiger partial charge in [-0.1, -0.05) is 24.3 Å². The van der Waals surface area contributed by atoms with Gasteiger partial charge in [0.05, 0.1) is 17.4 Å². The van der Waals surface area contributed by atoms with E-state index in [1.807, 2.05) is 0 Å². The molecule has 8 heteroatoms. The maximum atomic E-state index is 12.9. The molecule has 0 bridgehead atoms. The van der Waals surface area contributed by atoms with Gasteiger partial charge >= 0.3 is 0 Å².